The van der Waals surface area contributed by atoms with Crippen LogP contribution in [0.1, 0.15) is 63.7 Å². The highest BCUT2D eigenvalue weighted by atomic mass is 16.2. The standard InChI is InChI=1S/C29H29N5O/c1-19-8-10-22(11-9-19)18-33(27-14-12-23-6-4-5-7-26(23)27)28(35)15-13-25-20(2)32-29-24(16-30)17-31-34(29)21(25)3/h4-11,17,27H,12-15,18H2,1-3H3. The summed E-state index contributed by atoms with van der Waals surface area (Å²) in [5.74, 6) is 0.143. The minimum Gasteiger partial charge on any atom is -0.331 e. The van der Waals surface area contributed by atoms with Gasteiger partial charge in [-0.25, -0.2) is 9.50 Å². The number of benzene rings is 2. The molecule has 5 rings (SSSR count). The molecular formula is C29H29N5O. The van der Waals surface area contributed by atoms with Crippen LogP contribution >= 0.6 is 0 Å². The Morgan fingerprint density at radius 2 is 1.91 bits per heavy atom. The fraction of sp³-hybridized carbons (Fsp3) is 0.310. The van der Waals surface area contributed by atoms with Crippen molar-refractivity contribution in [1.82, 2.24) is 19.5 Å². The Bertz CT molecular complexity index is 1440. The largest absolute Gasteiger partial charge is 0.331 e. The predicted octanol–water partition coefficient (Wildman–Crippen LogP) is 5.18. The first-order valence-corrected chi connectivity index (χ1v) is 12.1. The van der Waals surface area contributed by atoms with Crippen molar-refractivity contribution in [3.05, 3.63) is 99.5 Å². The van der Waals surface area contributed by atoms with E-state index in [2.05, 4.69) is 76.5 Å². The summed E-state index contributed by atoms with van der Waals surface area (Å²) in [5.41, 5.74) is 8.78. The van der Waals surface area contributed by atoms with Gasteiger partial charge < -0.3 is 4.90 Å². The van der Waals surface area contributed by atoms with Crippen molar-refractivity contribution < 1.29 is 4.79 Å². The van der Waals surface area contributed by atoms with Gasteiger partial charge in [0.15, 0.2) is 5.65 Å². The van der Waals surface area contributed by atoms with Crippen LogP contribution in [0.3, 0.4) is 0 Å². The molecule has 2 aromatic carbocycles. The highest BCUT2D eigenvalue weighted by Crippen LogP contribution is 2.37. The average Bonchev–Trinajstić information content (AvgIpc) is 3.47. The van der Waals surface area contributed by atoms with Crippen LogP contribution in [0.15, 0.2) is 54.7 Å². The van der Waals surface area contributed by atoms with Crippen LogP contribution in [0.25, 0.3) is 5.65 Å². The molecular weight excluding hydrogens is 434 g/mol. The second-order valence-electron chi connectivity index (χ2n) is 9.43. The van der Waals surface area contributed by atoms with Gasteiger partial charge in [-0.05, 0) is 62.3 Å². The van der Waals surface area contributed by atoms with Crippen molar-refractivity contribution in [3.63, 3.8) is 0 Å². The lowest BCUT2D eigenvalue weighted by molar-refractivity contribution is -0.134. The Morgan fingerprint density at radius 3 is 2.69 bits per heavy atom. The normalized spacial score (nSPS) is 14.6. The van der Waals surface area contributed by atoms with Gasteiger partial charge in [-0.1, -0.05) is 54.1 Å². The lowest BCUT2D eigenvalue weighted by Crippen LogP contribution is -2.34. The molecule has 0 aliphatic heterocycles. The summed E-state index contributed by atoms with van der Waals surface area (Å²) in [6, 6.07) is 19.2. The number of hydrogen-bond acceptors (Lipinski definition) is 4. The molecule has 0 spiro atoms. The summed E-state index contributed by atoms with van der Waals surface area (Å²) in [4.78, 5) is 20.5. The van der Waals surface area contributed by atoms with Gasteiger partial charge in [0.2, 0.25) is 5.91 Å². The van der Waals surface area contributed by atoms with E-state index in [1.54, 1.807) is 10.7 Å². The number of rotatable bonds is 6. The SMILES string of the molecule is Cc1ccc(CN(C(=O)CCc2c(C)nc3c(C#N)cnn3c2C)C2CCc3ccccc32)cc1. The predicted molar refractivity (Wildman–Crippen MR) is 135 cm³/mol. The molecule has 6 heteroatoms. The quantitative estimate of drug-likeness (QED) is 0.395. The van der Waals surface area contributed by atoms with E-state index in [1.165, 1.54) is 16.7 Å². The molecule has 1 aliphatic carbocycles. The third-order valence-electron chi connectivity index (χ3n) is 7.19. The number of nitriles is 1. The first-order chi connectivity index (χ1) is 17.0. The van der Waals surface area contributed by atoms with Gasteiger partial charge in [0.25, 0.3) is 0 Å². The number of aromatic nitrogens is 3. The highest BCUT2D eigenvalue weighted by Gasteiger charge is 2.31. The summed E-state index contributed by atoms with van der Waals surface area (Å²) >= 11 is 0. The van der Waals surface area contributed by atoms with E-state index in [-0.39, 0.29) is 11.9 Å². The summed E-state index contributed by atoms with van der Waals surface area (Å²) < 4.78 is 1.71. The van der Waals surface area contributed by atoms with Crippen LogP contribution in [0.4, 0.5) is 0 Å². The second kappa shape index (κ2) is 9.34. The van der Waals surface area contributed by atoms with Crippen LogP contribution in [0, 0.1) is 32.1 Å². The van der Waals surface area contributed by atoms with Crippen LogP contribution in [-0.2, 0) is 24.2 Å². The molecule has 176 valence electrons. The van der Waals surface area contributed by atoms with E-state index >= 15 is 0 Å². The minimum atomic E-state index is 0.0899. The molecule has 35 heavy (non-hydrogen) atoms. The smallest absolute Gasteiger partial charge is 0.223 e. The zero-order valence-corrected chi connectivity index (χ0v) is 20.5. The minimum absolute atomic E-state index is 0.0899. The van der Waals surface area contributed by atoms with Crippen LogP contribution in [0.5, 0.6) is 0 Å². The lowest BCUT2D eigenvalue weighted by atomic mass is 10.0. The maximum absolute atomic E-state index is 13.8. The van der Waals surface area contributed by atoms with E-state index in [0.717, 1.165) is 35.4 Å². The Balaban J connectivity index is 1.42. The molecule has 1 aliphatic rings. The van der Waals surface area contributed by atoms with Gasteiger partial charge >= 0.3 is 0 Å². The molecule has 0 radical (unpaired) electrons. The molecule has 0 fully saturated rings. The van der Waals surface area contributed by atoms with Gasteiger partial charge in [-0.15, -0.1) is 0 Å². The summed E-state index contributed by atoms with van der Waals surface area (Å²) in [7, 11) is 0. The third-order valence-corrected chi connectivity index (χ3v) is 7.19. The molecule has 0 saturated carbocycles. The van der Waals surface area contributed by atoms with Crippen LogP contribution < -0.4 is 0 Å². The van der Waals surface area contributed by atoms with Crippen LogP contribution in [0.2, 0.25) is 0 Å². The Labute approximate surface area is 205 Å². The number of carbonyl (C=O) groups is 1. The number of carbonyl (C=O) groups excluding carboxylic acids is 1. The van der Waals surface area contributed by atoms with E-state index in [1.807, 2.05) is 13.8 Å². The lowest BCUT2D eigenvalue weighted by Gasteiger charge is -2.30. The fourth-order valence-corrected chi connectivity index (χ4v) is 5.25. The Kier molecular flexibility index (Phi) is 6.08. The highest BCUT2D eigenvalue weighted by molar-refractivity contribution is 5.77. The first-order valence-electron chi connectivity index (χ1n) is 12.1. The third kappa shape index (κ3) is 4.30. The van der Waals surface area contributed by atoms with Crippen molar-refractivity contribution in [2.75, 3.05) is 0 Å². The van der Waals surface area contributed by atoms with E-state index in [9.17, 15) is 10.1 Å². The Hall–Kier alpha value is -3.98. The zero-order chi connectivity index (χ0) is 24.5. The topological polar surface area (TPSA) is 74.3 Å². The van der Waals surface area contributed by atoms with Gasteiger partial charge in [-0.3, -0.25) is 4.79 Å². The molecule has 1 unspecified atom stereocenters. The maximum atomic E-state index is 13.8. The first kappa shape index (κ1) is 22.8. The van der Waals surface area contributed by atoms with Crippen molar-refractivity contribution in [3.8, 4) is 6.07 Å². The molecule has 1 atom stereocenters. The summed E-state index contributed by atoms with van der Waals surface area (Å²) in [5, 5.41) is 13.7. The molecule has 2 heterocycles. The molecule has 0 N–H and O–H groups in total. The molecule has 4 aromatic rings. The van der Waals surface area contributed by atoms with Gasteiger partial charge in [0.1, 0.15) is 11.6 Å². The number of fused-ring (bicyclic) bond motifs is 2. The van der Waals surface area contributed by atoms with Crippen molar-refractivity contribution in [1.29, 1.82) is 5.26 Å². The monoisotopic (exact) mass is 463 g/mol. The molecule has 2 aromatic heterocycles. The number of amides is 1. The Morgan fingerprint density at radius 1 is 1.14 bits per heavy atom. The summed E-state index contributed by atoms with van der Waals surface area (Å²) in [6.45, 7) is 6.60. The van der Waals surface area contributed by atoms with Crippen molar-refractivity contribution in [2.24, 2.45) is 0 Å². The maximum Gasteiger partial charge on any atom is 0.223 e. The van der Waals surface area contributed by atoms with Gasteiger partial charge in [0, 0.05) is 24.4 Å². The zero-order valence-electron chi connectivity index (χ0n) is 20.5. The van der Waals surface area contributed by atoms with Gasteiger partial charge in [0.05, 0.1) is 12.2 Å². The van der Waals surface area contributed by atoms with E-state index in [0.29, 0.717) is 30.6 Å². The summed E-state index contributed by atoms with van der Waals surface area (Å²) in [6.07, 6.45) is 4.47. The second-order valence-corrected chi connectivity index (χ2v) is 9.43. The molecule has 1 amide bonds. The molecule has 0 saturated heterocycles. The van der Waals surface area contributed by atoms with Gasteiger partial charge in [-0.2, -0.15) is 10.4 Å². The number of aryl methyl sites for hydroxylation is 4. The number of hydrogen-bond donors (Lipinski definition) is 0. The number of nitrogens with zero attached hydrogens (tertiary/aromatic N) is 5. The fourth-order valence-electron chi connectivity index (χ4n) is 5.25. The average molecular weight is 464 g/mol. The van der Waals surface area contributed by atoms with Crippen molar-refractivity contribution >= 4 is 11.6 Å². The molecule has 6 nitrogen and oxygen atoms in total. The van der Waals surface area contributed by atoms with Crippen LogP contribution in [-0.4, -0.2) is 25.4 Å². The molecule has 0 bridgehead atoms. The van der Waals surface area contributed by atoms with E-state index in [4.69, 9.17) is 0 Å². The van der Waals surface area contributed by atoms with Crippen molar-refractivity contribution in [2.45, 2.75) is 59.0 Å². The van der Waals surface area contributed by atoms with E-state index < -0.39 is 0 Å².